The first-order valence-electron chi connectivity index (χ1n) is 12.2. The fourth-order valence-electron chi connectivity index (χ4n) is 4.81. The molecule has 1 atom stereocenters. The minimum Gasteiger partial charge on any atom is -0.392 e. The van der Waals surface area contributed by atoms with Gasteiger partial charge in [0.1, 0.15) is 0 Å². The first-order valence-corrected chi connectivity index (χ1v) is 13.7. The number of unbranched alkanes of at least 4 members (excludes halogenated alkanes) is 3. The van der Waals surface area contributed by atoms with Gasteiger partial charge in [-0.05, 0) is 75.8 Å². The minimum absolute atomic E-state index is 0.123. The predicted molar refractivity (Wildman–Crippen MR) is 124 cm³/mol. The van der Waals surface area contributed by atoms with Crippen molar-refractivity contribution in [3.63, 3.8) is 0 Å². The Kier molecular flexibility index (Phi) is 9.80. The van der Waals surface area contributed by atoms with Crippen LogP contribution in [-0.2, 0) is 20.9 Å². The van der Waals surface area contributed by atoms with Crippen LogP contribution in [0.1, 0.15) is 63.4 Å². The number of sulfonamides is 1. The van der Waals surface area contributed by atoms with Crippen molar-refractivity contribution in [3.8, 4) is 0 Å². The summed E-state index contributed by atoms with van der Waals surface area (Å²) in [6.45, 7) is 3.54. The average Bonchev–Trinajstić information content (AvgIpc) is 3.22. The third kappa shape index (κ3) is 7.65. The molecule has 3 rings (SSSR count). The lowest BCUT2D eigenvalue weighted by Gasteiger charge is -2.34. The van der Waals surface area contributed by atoms with E-state index in [-0.39, 0.29) is 23.1 Å². The predicted octanol–water partition coefficient (Wildman–Crippen LogP) is 4.28. The highest BCUT2D eigenvalue weighted by Crippen LogP contribution is 2.32. The number of nitrogens with zero attached hydrogens (tertiary/aromatic N) is 2. The van der Waals surface area contributed by atoms with Crippen LogP contribution in [-0.4, -0.2) is 74.3 Å². The van der Waals surface area contributed by atoms with Crippen LogP contribution in [0, 0.1) is 0 Å². The number of aliphatic hydroxyl groups excluding tert-OH is 1. The molecule has 1 aromatic rings. The van der Waals surface area contributed by atoms with Gasteiger partial charge in [-0.15, -0.1) is 0 Å². The lowest BCUT2D eigenvalue weighted by molar-refractivity contribution is -0.137. The van der Waals surface area contributed by atoms with E-state index in [9.17, 15) is 26.7 Å². The zero-order valence-corrected chi connectivity index (χ0v) is 20.7. The highest BCUT2D eigenvalue weighted by atomic mass is 32.2. The van der Waals surface area contributed by atoms with Gasteiger partial charge in [-0.3, -0.25) is 0 Å². The minimum atomic E-state index is -4.50. The molecular weight excluding hydrogens is 469 g/mol. The zero-order valence-electron chi connectivity index (χ0n) is 19.8. The smallest absolute Gasteiger partial charge is 0.392 e. The van der Waals surface area contributed by atoms with Crippen LogP contribution in [0.4, 0.5) is 13.2 Å². The summed E-state index contributed by atoms with van der Waals surface area (Å²) in [6, 6.07) is 3.48. The molecular formula is C24H37F3N2O4S. The van der Waals surface area contributed by atoms with Gasteiger partial charge in [-0.1, -0.05) is 12.8 Å². The number of rotatable bonds is 11. The van der Waals surface area contributed by atoms with E-state index in [1.807, 2.05) is 0 Å². The molecule has 1 heterocycles. The Morgan fingerprint density at radius 2 is 1.68 bits per heavy atom. The Labute approximate surface area is 201 Å². The molecule has 1 saturated carbocycles. The lowest BCUT2D eigenvalue weighted by Crippen LogP contribution is -2.40. The van der Waals surface area contributed by atoms with Crippen molar-refractivity contribution in [1.29, 1.82) is 0 Å². The number of likely N-dealkylation sites (tertiary alicyclic amines) is 1. The fraction of sp³-hybridized carbons (Fsp3) is 0.750. The first-order chi connectivity index (χ1) is 16.1. The first kappa shape index (κ1) is 27.4. The van der Waals surface area contributed by atoms with Crippen LogP contribution in [0.15, 0.2) is 29.2 Å². The third-order valence-corrected chi connectivity index (χ3v) is 8.91. The largest absolute Gasteiger partial charge is 0.416 e. The van der Waals surface area contributed by atoms with Gasteiger partial charge < -0.3 is 14.7 Å². The Bertz CT molecular complexity index is 856. The van der Waals surface area contributed by atoms with Crippen molar-refractivity contribution >= 4 is 10.0 Å². The lowest BCUT2D eigenvalue weighted by atomic mass is 9.93. The number of β-amino-alcohol motifs (C(OH)–C–C–N with tert-alkyl or cyclic N) is 1. The zero-order chi connectivity index (χ0) is 24.8. The van der Waals surface area contributed by atoms with Crippen molar-refractivity contribution in [2.75, 3.05) is 33.3 Å². The summed E-state index contributed by atoms with van der Waals surface area (Å²) in [5.41, 5.74) is -0.863. The second kappa shape index (κ2) is 12.2. The van der Waals surface area contributed by atoms with E-state index in [2.05, 4.69) is 4.90 Å². The topological polar surface area (TPSA) is 70.1 Å². The summed E-state index contributed by atoms with van der Waals surface area (Å²) in [6.07, 6.45) is 3.64. The molecule has 10 heteroatoms. The second-order valence-corrected chi connectivity index (χ2v) is 11.5. The number of benzene rings is 1. The van der Waals surface area contributed by atoms with E-state index in [0.717, 1.165) is 88.8 Å². The summed E-state index contributed by atoms with van der Waals surface area (Å²) >= 11 is 0. The average molecular weight is 507 g/mol. The van der Waals surface area contributed by atoms with Gasteiger partial charge in [-0.2, -0.15) is 17.5 Å². The maximum Gasteiger partial charge on any atom is 0.416 e. The third-order valence-electron chi connectivity index (χ3n) is 6.99. The van der Waals surface area contributed by atoms with Crippen molar-refractivity contribution in [3.05, 3.63) is 29.8 Å². The van der Waals surface area contributed by atoms with Gasteiger partial charge in [0.25, 0.3) is 0 Å². The van der Waals surface area contributed by atoms with Gasteiger partial charge in [0.15, 0.2) is 0 Å². The summed E-state index contributed by atoms with van der Waals surface area (Å²) in [7, 11) is -2.35. The number of ether oxygens (including phenoxy) is 1. The number of halogens is 3. The van der Waals surface area contributed by atoms with Crippen LogP contribution in [0.3, 0.4) is 0 Å². The molecule has 194 valence electrons. The number of hydrogen-bond acceptors (Lipinski definition) is 5. The molecule has 1 N–H and O–H groups in total. The van der Waals surface area contributed by atoms with Crippen molar-refractivity contribution in [2.24, 2.45) is 0 Å². The highest BCUT2D eigenvalue weighted by molar-refractivity contribution is 7.89. The van der Waals surface area contributed by atoms with Crippen LogP contribution < -0.4 is 0 Å². The molecule has 0 radical (unpaired) electrons. The van der Waals surface area contributed by atoms with E-state index in [1.165, 1.54) is 11.4 Å². The molecule has 1 saturated heterocycles. The Balaban J connectivity index is 1.33. The monoisotopic (exact) mass is 506 g/mol. The van der Waals surface area contributed by atoms with Crippen LogP contribution in [0.25, 0.3) is 0 Å². The molecule has 6 nitrogen and oxygen atoms in total. The summed E-state index contributed by atoms with van der Waals surface area (Å²) in [5.74, 6) is 0. The van der Waals surface area contributed by atoms with Gasteiger partial charge in [0, 0.05) is 32.8 Å². The van der Waals surface area contributed by atoms with Crippen LogP contribution in [0.2, 0.25) is 0 Å². The van der Waals surface area contributed by atoms with E-state index in [0.29, 0.717) is 19.4 Å². The SMILES string of the molecule is CN(C1CCC(OCCCCCCN2CCC(O)C2)CC1)S(=O)(=O)c1ccc(C(F)(F)F)cc1. The summed E-state index contributed by atoms with van der Waals surface area (Å²) in [5, 5.41) is 9.54. The molecule has 1 aliphatic heterocycles. The normalized spacial score (nSPS) is 24.7. The Morgan fingerprint density at radius 3 is 2.26 bits per heavy atom. The molecule has 1 aliphatic carbocycles. The summed E-state index contributed by atoms with van der Waals surface area (Å²) < 4.78 is 71.3. The Morgan fingerprint density at radius 1 is 1.03 bits per heavy atom. The maximum atomic E-state index is 12.9. The molecule has 0 spiro atoms. The number of aliphatic hydroxyl groups is 1. The summed E-state index contributed by atoms with van der Waals surface area (Å²) in [4.78, 5) is 2.19. The molecule has 0 amide bonds. The highest BCUT2D eigenvalue weighted by Gasteiger charge is 2.34. The molecule has 2 aliphatic rings. The van der Waals surface area contributed by atoms with Gasteiger partial charge in [0.2, 0.25) is 10.0 Å². The van der Waals surface area contributed by atoms with Crippen molar-refractivity contribution in [2.45, 2.75) is 87.1 Å². The molecule has 1 unspecified atom stereocenters. The fourth-order valence-corrected chi connectivity index (χ4v) is 6.23. The van der Waals surface area contributed by atoms with Crippen molar-refractivity contribution < 1.29 is 31.4 Å². The van der Waals surface area contributed by atoms with E-state index >= 15 is 0 Å². The van der Waals surface area contributed by atoms with Crippen LogP contribution in [0.5, 0.6) is 0 Å². The maximum absolute atomic E-state index is 12.9. The van der Waals surface area contributed by atoms with E-state index < -0.39 is 21.8 Å². The molecule has 0 bridgehead atoms. The number of alkyl halides is 3. The van der Waals surface area contributed by atoms with Crippen LogP contribution >= 0.6 is 0 Å². The van der Waals surface area contributed by atoms with Gasteiger partial charge in [-0.25, -0.2) is 8.42 Å². The molecule has 34 heavy (non-hydrogen) atoms. The molecule has 2 fully saturated rings. The standard InChI is InChI=1S/C24H37F3N2O4S/c1-28(34(31,32)23-12-6-19(7-13-23)24(25,26)27)20-8-10-22(11-9-20)33-17-5-3-2-4-15-29-16-14-21(30)18-29/h6-7,12-13,20-22,30H,2-5,8-11,14-18H2,1H3. The second-order valence-electron chi connectivity index (χ2n) is 9.50. The number of hydrogen-bond donors (Lipinski definition) is 1. The van der Waals surface area contributed by atoms with E-state index in [1.54, 1.807) is 0 Å². The Hall–Kier alpha value is -1.20. The van der Waals surface area contributed by atoms with Gasteiger partial charge >= 0.3 is 6.18 Å². The van der Waals surface area contributed by atoms with Gasteiger partial charge in [0.05, 0.1) is 22.7 Å². The molecule has 1 aromatic carbocycles. The quantitative estimate of drug-likeness (QED) is 0.454. The molecule has 0 aromatic heterocycles. The van der Waals surface area contributed by atoms with Crippen molar-refractivity contribution in [1.82, 2.24) is 9.21 Å². The van der Waals surface area contributed by atoms with E-state index in [4.69, 9.17) is 4.74 Å².